The lowest BCUT2D eigenvalue weighted by atomic mass is 9.88. The predicted molar refractivity (Wildman–Crippen MR) is 85.6 cm³/mol. The van der Waals surface area contributed by atoms with Crippen LogP contribution in [0.15, 0.2) is 24.3 Å². The predicted octanol–water partition coefficient (Wildman–Crippen LogP) is 2.46. The summed E-state index contributed by atoms with van der Waals surface area (Å²) in [4.78, 5) is 4.83. The van der Waals surface area contributed by atoms with Gasteiger partial charge in [-0.1, -0.05) is 19.1 Å². The average Bonchev–Trinajstić information content (AvgIpc) is 2.70. The van der Waals surface area contributed by atoms with Crippen molar-refractivity contribution < 1.29 is 4.39 Å². The van der Waals surface area contributed by atoms with Crippen LogP contribution < -0.4 is 5.73 Å². The molecule has 3 nitrogen and oxygen atoms in total. The molecule has 0 bridgehead atoms. The van der Waals surface area contributed by atoms with E-state index < -0.39 is 0 Å². The van der Waals surface area contributed by atoms with E-state index in [1.807, 2.05) is 6.07 Å². The van der Waals surface area contributed by atoms with Gasteiger partial charge in [0.05, 0.1) is 0 Å². The number of likely N-dealkylation sites (tertiary alicyclic amines) is 1. The molecule has 1 aromatic rings. The van der Waals surface area contributed by atoms with Crippen LogP contribution in [-0.4, -0.2) is 48.6 Å². The Bertz CT molecular complexity index is 451. The number of nitrogens with two attached hydrogens (primary N) is 1. The summed E-state index contributed by atoms with van der Waals surface area (Å²) in [5, 5.41) is 0. The number of hydrogen-bond donors (Lipinski definition) is 1. The van der Waals surface area contributed by atoms with Gasteiger partial charge in [0, 0.05) is 18.6 Å². The highest BCUT2D eigenvalue weighted by molar-refractivity contribution is 5.16. The summed E-state index contributed by atoms with van der Waals surface area (Å²) in [6, 6.07) is 6.88. The quantitative estimate of drug-likeness (QED) is 0.905. The van der Waals surface area contributed by atoms with Crippen LogP contribution in [0.5, 0.6) is 0 Å². The second-order valence-electron chi connectivity index (χ2n) is 6.20. The summed E-state index contributed by atoms with van der Waals surface area (Å²) < 4.78 is 13.3. The van der Waals surface area contributed by atoms with Crippen LogP contribution in [0.3, 0.4) is 0 Å². The first-order valence-corrected chi connectivity index (χ1v) is 7.98. The highest BCUT2D eigenvalue weighted by Crippen LogP contribution is 2.28. The molecular weight excluding hydrogens is 265 g/mol. The first-order chi connectivity index (χ1) is 10.1. The molecule has 0 amide bonds. The van der Waals surface area contributed by atoms with Gasteiger partial charge in [0.2, 0.25) is 0 Å². The zero-order valence-electron chi connectivity index (χ0n) is 13.3. The molecule has 1 fully saturated rings. The van der Waals surface area contributed by atoms with Crippen molar-refractivity contribution in [2.24, 2.45) is 5.73 Å². The number of likely N-dealkylation sites (N-methyl/N-ethyl adjacent to an activating group) is 1. The van der Waals surface area contributed by atoms with Crippen LogP contribution >= 0.6 is 0 Å². The number of halogens is 1. The monoisotopic (exact) mass is 293 g/mol. The molecule has 1 unspecified atom stereocenters. The molecule has 0 saturated carbocycles. The van der Waals surface area contributed by atoms with Gasteiger partial charge in [-0.15, -0.1) is 0 Å². The van der Waals surface area contributed by atoms with Crippen LogP contribution in [-0.2, 0) is 6.54 Å². The summed E-state index contributed by atoms with van der Waals surface area (Å²) in [6.07, 6.45) is 3.38. The molecule has 118 valence electrons. The molecule has 0 aromatic heterocycles. The summed E-state index contributed by atoms with van der Waals surface area (Å²) >= 11 is 0. The van der Waals surface area contributed by atoms with Gasteiger partial charge < -0.3 is 10.6 Å². The molecule has 1 atom stereocenters. The fourth-order valence-corrected chi connectivity index (χ4v) is 3.37. The number of nitrogens with zero attached hydrogens (tertiary/aromatic N) is 2. The van der Waals surface area contributed by atoms with Crippen LogP contribution in [0.25, 0.3) is 0 Å². The molecule has 0 radical (unpaired) electrons. The molecule has 0 aliphatic carbocycles. The van der Waals surface area contributed by atoms with Gasteiger partial charge in [-0.25, -0.2) is 4.39 Å². The fraction of sp³-hybridized carbons (Fsp3) is 0.647. The van der Waals surface area contributed by atoms with E-state index in [0.29, 0.717) is 6.54 Å². The van der Waals surface area contributed by atoms with Crippen molar-refractivity contribution >= 4 is 0 Å². The molecule has 2 N–H and O–H groups in total. The largest absolute Gasteiger partial charge is 0.329 e. The van der Waals surface area contributed by atoms with Gasteiger partial charge in [-0.3, -0.25) is 4.90 Å². The lowest BCUT2D eigenvalue weighted by Crippen LogP contribution is -2.52. The van der Waals surface area contributed by atoms with E-state index in [1.165, 1.54) is 12.5 Å². The Balaban J connectivity index is 2.08. The Morgan fingerprint density at radius 3 is 2.81 bits per heavy atom. The van der Waals surface area contributed by atoms with Crippen molar-refractivity contribution in [1.29, 1.82) is 0 Å². The maximum atomic E-state index is 13.3. The van der Waals surface area contributed by atoms with Crippen LogP contribution in [0.2, 0.25) is 0 Å². The number of benzene rings is 1. The van der Waals surface area contributed by atoms with Crippen molar-refractivity contribution in [3.8, 4) is 0 Å². The molecule has 2 rings (SSSR count). The lowest BCUT2D eigenvalue weighted by molar-refractivity contribution is 0.0993. The topological polar surface area (TPSA) is 32.5 Å². The van der Waals surface area contributed by atoms with E-state index in [1.54, 1.807) is 12.1 Å². The molecule has 21 heavy (non-hydrogen) atoms. The fourth-order valence-electron chi connectivity index (χ4n) is 3.37. The summed E-state index contributed by atoms with van der Waals surface area (Å²) in [5.74, 6) is -0.166. The zero-order valence-corrected chi connectivity index (χ0v) is 13.3. The van der Waals surface area contributed by atoms with E-state index >= 15 is 0 Å². The molecular formula is C17H28FN3. The number of rotatable bonds is 5. The lowest BCUT2D eigenvalue weighted by Gasteiger charge is -2.41. The van der Waals surface area contributed by atoms with Gasteiger partial charge in [-0.05, 0) is 63.6 Å². The third kappa shape index (κ3) is 4.02. The minimum atomic E-state index is -0.166. The van der Waals surface area contributed by atoms with E-state index in [9.17, 15) is 4.39 Å². The first kappa shape index (κ1) is 16.4. The average molecular weight is 293 g/mol. The third-order valence-electron chi connectivity index (χ3n) is 4.96. The summed E-state index contributed by atoms with van der Waals surface area (Å²) in [7, 11) is 2.12. The Morgan fingerprint density at radius 2 is 2.14 bits per heavy atom. The molecule has 1 saturated heterocycles. The first-order valence-electron chi connectivity index (χ1n) is 7.98. The zero-order chi connectivity index (χ0) is 15.3. The van der Waals surface area contributed by atoms with Gasteiger partial charge >= 0.3 is 0 Å². The molecule has 1 heterocycles. The maximum Gasteiger partial charge on any atom is 0.123 e. The Morgan fingerprint density at radius 1 is 1.33 bits per heavy atom. The van der Waals surface area contributed by atoms with Crippen molar-refractivity contribution in [1.82, 2.24) is 9.80 Å². The van der Waals surface area contributed by atoms with E-state index in [-0.39, 0.29) is 11.4 Å². The standard InChI is InChI=1S/C17H28FN3/c1-3-21-10-5-8-17(14-19,9-11-21)20(2)13-15-6-4-7-16(18)12-15/h4,6-7,12H,3,5,8-11,13-14,19H2,1-2H3. The van der Waals surface area contributed by atoms with E-state index in [0.717, 1.165) is 44.6 Å². The van der Waals surface area contributed by atoms with Crippen LogP contribution in [0.1, 0.15) is 31.7 Å². The third-order valence-corrected chi connectivity index (χ3v) is 4.96. The Kier molecular flexibility index (Phi) is 5.73. The van der Waals surface area contributed by atoms with Crippen molar-refractivity contribution in [2.75, 3.05) is 33.2 Å². The molecule has 1 aromatic carbocycles. The van der Waals surface area contributed by atoms with Gasteiger partial charge in [0.25, 0.3) is 0 Å². The van der Waals surface area contributed by atoms with Gasteiger partial charge in [0.15, 0.2) is 0 Å². The second kappa shape index (κ2) is 7.34. The van der Waals surface area contributed by atoms with Crippen LogP contribution in [0, 0.1) is 5.82 Å². The SMILES string of the molecule is CCN1CCCC(CN)(N(C)Cc2cccc(F)c2)CC1. The van der Waals surface area contributed by atoms with Crippen molar-refractivity contribution in [2.45, 2.75) is 38.3 Å². The van der Waals surface area contributed by atoms with E-state index in [4.69, 9.17) is 5.73 Å². The minimum Gasteiger partial charge on any atom is -0.329 e. The highest BCUT2D eigenvalue weighted by Gasteiger charge is 2.34. The summed E-state index contributed by atoms with van der Waals surface area (Å²) in [5.41, 5.74) is 7.20. The maximum absolute atomic E-state index is 13.3. The Labute approximate surface area is 127 Å². The molecule has 1 aliphatic rings. The van der Waals surface area contributed by atoms with Gasteiger partial charge in [0.1, 0.15) is 5.82 Å². The minimum absolute atomic E-state index is 0.0379. The van der Waals surface area contributed by atoms with Crippen molar-refractivity contribution in [3.05, 3.63) is 35.6 Å². The molecule has 1 aliphatic heterocycles. The van der Waals surface area contributed by atoms with Gasteiger partial charge in [-0.2, -0.15) is 0 Å². The second-order valence-corrected chi connectivity index (χ2v) is 6.20. The molecule has 4 heteroatoms. The summed E-state index contributed by atoms with van der Waals surface area (Å²) in [6.45, 7) is 6.99. The Hall–Kier alpha value is -0.970. The number of hydrogen-bond acceptors (Lipinski definition) is 3. The molecule has 0 spiro atoms. The normalized spacial score (nSPS) is 24.2. The highest BCUT2D eigenvalue weighted by atomic mass is 19.1. The van der Waals surface area contributed by atoms with Crippen molar-refractivity contribution in [3.63, 3.8) is 0 Å². The van der Waals surface area contributed by atoms with E-state index in [2.05, 4.69) is 23.8 Å². The smallest absolute Gasteiger partial charge is 0.123 e. The van der Waals surface area contributed by atoms with Crippen LogP contribution in [0.4, 0.5) is 4.39 Å².